The maximum absolute atomic E-state index is 12.9. The molecule has 0 aliphatic carbocycles. The van der Waals surface area contributed by atoms with Crippen molar-refractivity contribution in [3.63, 3.8) is 0 Å². The Balaban J connectivity index is 2.04. The number of ether oxygens (including phenoxy) is 1. The van der Waals surface area contributed by atoms with Crippen molar-refractivity contribution in [2.45, 2.75) is 19.9 Å². The quantitative estimate of drug-likeness (QED) is 0.846. The summed E-state index contributed by atoms with van der Waals surface area (Å²) in [5.41, 5.74) is 2.78. The molecule has 1 amide bonds. The highest BCUT2D eigenvalue weighted by atomic mass is 19.1. The van der Waals surface area contributed by atoms with Gasteiger partial charge in [0.15, 0.2) is 0 Å². The van der Waals surface area contributed by atoms with Crippen LogP contribution in [-0.2, 0) is 4.79 Å². The third kappa shape index (κ3) is 4.68. The van der Waals surface area contributed by atoms with Gasteiger partial charge in [0.2, 0.25) is 5.91 Å². The van der Waals surface area contributed by atoms with Crippen molar-refractivity contribution in [3.8, 4) is 5.75 Å². The Labute approximate surface area is 135 Å². The highest BCUT2D eigenvalue weighted by Crippen LogP contribution is 2.21. The number of hydrogen-bond acceptors (Lipinski definition) is 2. The van der Waals surface area contributed by atoms with Gasteiger partial charge in [-0.15, -0.1) is 0 Å². The minimum Gasteiger partial charge on any atom is -0.496 e. The zero-order valence-corrected chi connectivity index (χ0v) is 13.5. The predicted octanol–water partition coefficient (Wildman–Crippen LogP) is 4.03. The maximum Gasteiger partial charge on any atom is 0.244 e. The fourth-order valence-corrected chi connectivity index (χ4v) is 2.25. The van der Waals surface area contributed by atoms with Crippen LogP contribution in [0.2, 0.25) is 0 Å². The Hall–Kier alpha value is -2.62. The average molecular weight is 313 g/mol. The Kier molecular flexibility index (Phi) is 5.52. The van der Waals surface area contributed by atoms with E-state index >= 15 is 0 Å². The van der Waals surface area contributed by atoms with Gasteiger partial charge in [-0.1, -0.05) is 23.8 Å². The SMILES string of the molecule is COc1ccc(C)cc1/C=C/C(=O)NC(C)c1ccc(F)cc1. The first-order chi connectivity index (χ1) is 11.0. The first-order valence-corrected chi connectivity index (χ1v) is 7.38. The van der Waals surface area contributed by atoms with E-state index in [4.69, 9.17) is 4.74 Å². The summed E-state index contributed by atoms with van der Waals surface area (Å²) < 4.78 is 18.2. The van der Waals surface area contributed by atoms with E-state index in [1.165, 1.54) is 18.2 Å². The van der Waals surface area contributed by atoms with Crippen LogP contribution in [0, 0.1) is 12.7 Å². The summed E-state index contributed by atoms with van der Waals surface area (Å²) in [7, 11) is 1.60. The Morgan fingerprint density at radius 2 is 1.91 bits per heavy atom. The van der Waals surface area contributed by atoms with Crippen LogP contribution in [0.25, 0.3) is 6.08 Å². The smallest absolute Gasteiger partial charge is 0.244 e. The molecule has 1 N–H and O–H groups in total. The van der Waals surface area contributed by atoms with Crippen LogP contribution in [0.4, 0.5) is 4.39 Å². The molecule has 0 saturated heterocycles. The van der Waals surface area contributed by atoms with Crippen LogP contribution in [0.15, 0.2) is 48.5 Å². The first-order valence-electron chi connectivity index (χ1n) is 7.38. The Morgan fingerprint density at radius 3 is 2.57 bits per heavy atom. The van der Waals surface area contributed by atoms with Gasteiger partial charge in [0.05, 0.1) is 13.2 Å². The standard InChI is InChI=1S/C19H20FNO2/c1-13-4-10-18(23-3)16(12-13)7-11-19(22)21-14(2)15-5-8-17(20)9-6-15/h4-12,14H,1-3H3,(H,21,22)/b11-7+. The van der Waals surface area contributed by atoms with E-state index in [1.54, 1.807) is 25.3 Å². The highest BCUT2D eigenvalue weighted by molar-refractivity contribution is 5.92. The van der Waals surface area contributed by atoms with Crippen molar-refractivity contribution in [1.29, 1.82) is 0 Å². The highest BCUT2D eigenvalue weighted by Gasteiger charge is 2.08. The summed E-state index contributed by atoms with van der Waals surface area (Å²) in [6.07, 6.45) is 3.19. The predicted molar refractivity (Wildman–Crippen MR) is 89.7 cm³/mol. The molecular formula is C19H20FNO2. The molecule has 0 aliphatic heterocycles. The molecule has 1 atom stereocenters. The number of aryl methyl sites for hydroxylation is 1. The molecule has 0 spiro atoms. The van der Waals surface area contributed by atoms with Gasteiger partial charge in [0.1, 0.15) is 11.6 Å². The normalized spacial score (nSPS) is 12.2. The van der Waals surface area contributed by atoms with Gasteiger partial charge >= 0.3 is 0 Å². The molecule has 0 fully saturated rings. The van der Waals surface area contributed by atoms with Gasteiger partial charge < -0.3 is 10.1 Å². The summed E-state index contributed by atoms with van der Waals surface area (Å²) in [5.74, 6) is 0.204. The van der Waals surface area contributed by atoms with Gasteiger partial charge in [0, 0.05) is 11.6 Å². The van der Waals surface area contributed by atoms with E-state index in [0.717, 1.165) is 16.7 Å². The van der Waals surface area contributed by atoms with Crippen molar-refractivity contribution in [2.24, 2.45) is 0 Å². The number of halogens is 1. The topological polar surface area (TPSA) is 38.3 Å². The molecule has 0 radical (unpaired) electrons. The van der Waals surface area contributed by atoms with Crippen molar-refractivity contribution in [3.05, 3.63) is 71.0 Å². The number of hydrogen-bond donors (Lipinski definition) is 1. The van der Waals surface area contributed by atoms with Gasteiger partial charge in [-0.05, 0) is 49.8 Å². The fourth-order valence-electron chi connectivity index (χ4n) is 2.25. The molecule has 0 aliphatic rings. The molecule has 0 aromatic heterocycles. The first kappa shape index (κ1) is 16.7. The van der Waals surface area contributed by atoms with Gasteiger partial charge in [-0.25, -0.2) is 4.39 Å². The number of benzene rings is 2. The molecule has 2 rings (SSSR count). The maximum atomic E-state index is 12.9. The van der Waals surface area contributed by atoms with Crippen molar-refractivity contribution in [2.75, 3.05) is 7.11 Å². The van der Waals surface area contributed by atoms with Crippen LogP contribution >= 0.6 is 0 Å². The monoisotopic (exact) mass is 313 g/mol. The van der Waals surface area contributed by atoms with E-state index in [9.17, 15) is 9.18 Å². The summed E-state index contributed by atoms with van der Waals surface area (Å²) >= 11 is 0. The molecule has 1 unspecified atom stereocenters. The molecule has 23 heavy (non-hydrogen) atoms. The van der Waals surface area contributed by atoms with Crippen molar-refractivity contribution < 1.29 is 13.9 Å². The summed E-state index contributed by atoms with van der Waals surface area (Å²) in [4.78, 5) is 12.0. The van der Waals surface area contributed by atoms with E-state index in [1.807, 2.05) is 32.0 Å². The van der Waals surface area contributed by atoms with E-state index in [-0.39, 0.29) is 17.8 Å². The largest absolute Gasteiger partial charge is 0.496 e. The molecule has 0 saturated carbocycles. The number of nitrogens with one attached hydrogen (secondary N) is 1. The number of amides is 1. The van der Waals surface area contributed by atoms with Crippen molar-refractivity contribution >= 4 is 12.0 Å². The van der Waals surface area contributed by atoms with Crippen LogP contribution in [0.3, 0.4) is 0 Å². The van der Waals surface area contributed by atoms with Crippen LogP contribution < -0.4 is 10.1 Å². The van der Waals surface area contributed by atoms with Crippen LogP contribution in [0.5, 0.6) is 5.75 Å². The molecule has 0 heterocycles. The fraction of sp³-hybridized carbons (Fsp3) is 0.211. The molecule has 3 nitrogen and oxygen atoms in total. The van der Waals surface area contributed by atoms with E-state index in [2.05, 4.69) is 5.32 Å². The second-order valence-electron chi connectivity index (χ2n) is 5.36. The van der Waals surface area contributed by atoms with Crippen LogP contribution in [0.1, 0.15) is 29.7 Å². The van der Waals surface area contributed by atoms with E-state index < -0.39 is 0 Å². The minimum absolute atomic E-state index is 0.202. The van der Waals surface area contributed by atoms with Crippen LogP contribution in [-0.4, -0.2) is 13.0 Å². The number of carbonyl (C=O) groups excluding carboxylic acids is 1. The molecular weight excluding hydrogens is 293 g/mol. The number of methoxy groups -OCH3 is 1. The summed E-state index contributed by atoms with van der Waals surface area (Å²) in [5, 5.41) is 2.85. The molecule has 2 aromatic rings. The third-order valence-electron chi connectivity index (χ3n) is 3.53. The van der Waals surface area contributed by atoms with E-state index in [0.29, 0.717) is 5.75 Å². The Bertz CT molecular complexity index is 708. The third-order valence-corrected chi connectivity index (χ3v) is 3.53. The zero-order chi connectivity index (χ0) is 16.8. The van der Waals surface area contributed by atoms with Gasteiger partial charge in [-0.2, -0.15) is 0 Å². The molecule has 2 aromatic carbocycles. The lowest BCUT2D eigenvalue weighted by Gasteiger charge is -2.13. The zero-order valence-electron chi connectivity index (χ0n) is 13.5. The lowest BCUT2D eigenvalue weighted by Crippen LogP contribution is -2.24. The number of rotatable bonds is 5. The van der Waals surface area contributed by atoms with Gasteiger partial charge in [-0.3, -0.25) is 4.79 Å². The average Bonchev–Trinajstić information content (AvgIpc) is 2.53. The van der Waals surface area contributed by atoms with Crippen molar-refractivity contribution in [1.82, 2.24) is 5.32 Å². The Morgan fingerprint density at radius 1 is 1.22 bits per heavy atom. The molecule has 4 heteroatoms. The number of carbonyl (C=O) groups is 1. The molecule has 120 valence electrons. The summed E-state index contributed by atoms with van der Waals surface area (Å²) in [6.45, 7) is 3.83. The second kappa shape index (κ2) is 7.58. The van der Waals surface area contributed by atoms with Gasteiger partial charge in [0.25, 0.3) is 0 Å². The molecule has 0 bridgehead atoms. The second-order valence-corrected chi connectivity index (χ2v) is 5.36. The lowest BCUT2D eigenvalue weighted by molar-refractivity contribution is -0.117. The lowest BCUT2D eigenvalue weighted by atomic mass is 10.1. The summed E-state index contributed by atoms with van der Waals surface area (Å²) in [6, 6.07) is 11.7. The minimum atomic E-state index is -0.293.